The Hall–Kier alpha value is -3.56. The molecular formula is C19H18F2N6O2. The quantitative estimate of drug-likeness (QED) is 0.684. The van der Waals surface area contributed by atoms with Gasteiger partial charge in [0.15, 0.2) is 23.2 Å². The zero-order valence-electron chi connectivity index (χ0n) is 15.5. The molecule has 8 nitrogen and oxygen atoms in total. The number of alkyl halides is 2. The van der Waals surface area contributed by atoms with Crippen molar-refractivity contribution >= 4 is 17.4 Å². The van der Waals surface area contributed by atoms with Crippen molar-refractivity contribution in [2.45, 2.75) is 25.7 Å². The van der Waals surface area contributed by atoms with Gasteiger partial charge in [-0.15, -0.1) is 0 Å². The normalized spacial score (nSPS) is 18.2. The van der Waals surface area contributed by atoms with Crippen LogP contribution in [0.5, 0.6) is 0 Å². The number of nitrogens with two attached hydrogens (primary N) is 1. The van der Waals surface area contributed by atoms with Gasteiger partial charge in [-0.05, 0) is 11.6 Å². The van der Waals surface area contributed by atoms with Crippen LogP contribution in [0.4, 0.5) is 14.5 Å². The number of aromatic nitrogens is 3. The second-order valence-electron chi connectivity index (χ2n) is 6.75. The molecule has 1 aromatic carbocycles. The number of imidazole rings is 1. The molecule has 2 aromatic heterocycles. The van der Waals surface area contributed by atoms with Crippen molar-refractivity contribution in [1.29, 1.82) is 0 Å². The first-order valence-electron chi connectivity index (χ1n) is 8.81. The molecule has 0 radical (unpaired) electrons. The van der Waals surface area contributed by atoms with Crippen LogP contribution in [0.3, 0.4) is 0 Å². The fraction of sp³-hybridized carbons (Fsp3) is 0.263. The van der Waals surface area contributed by atoms with E-state index >= 15 is 0 Å². The molecule has 3 heterocycles. The number of fused-ring (bicyclic) bond motifs is 1. The lowest BCUT2D eigenvalue weighted by Gasteiger charge is -2.32. The Bertz CT molecular complexity index is 1110. The Morgan fingerprint density at radius 1 is 1.41 bits per heavy atom. The van der Waals surface area contributed by atoms with Gasteiger partial charge in [-0.25, -0.2) is 23.7 Å². The largest absolute Gasteiger partial charge is 0.448 e. The summed E-state index contributed by atoms with van der Waals surface area (Å²) in [7, 11) is 0. The zero-order valence-corrected chi connectivity index (χ0v) is 15.5. The molecule has 10 heteroatoms. The van der Waals surface area contributed by atoms with Crippen LogP contribution in [0, 0.1) is 6.92 Å². The number of hydrogen-bond acceptors (Lipinski definition) is 6. The molecular weight excluding hydrogens is 382 g/mol. The van der Waals surface area contributed by atoms with Crippen LogP contribution in [0.1, 0.15) is 33.3 Å². The molecule has 4 rings (SSSR count). The molecule has 0 fully saturated rings. The predicted molar refractivity (Wildman–Crippen MR) is 101 cm³/mol. The summed E-state index contributed by atoms with van der Waals surface area (Å²) in [6.07, 6.45) is 4.45. The van der Waals surface area contributed by atoms with Crippen molar-refractivity contribution < 1.29 is 18.0 Å². The van der Waals surface area contributed by atoms with Crippen molar-refractivity contribution in [3.8, 4) is 0 Å². The van der Waals surface area contributed by atoms with E-state index in [4.69, 9.17) is 10.2 Å². The number of aryl methyl sites for hydroxylation is 1. The van der Waals surface area contributed by atoms with E-state index in [2.05, 4.69) is 20.3 Å². The molecule has 0 bridgehead atoms. The number of hydrogen-bond donors (Lipinski definition) is 2. The lowest BCUT2D eigenvalue weighted by molar-refractivity contribution is 0.102. The topological polar surface area (TPSA) is 111 Å². The molecule has 1 aliphatic rings. The van der Waals surface area contributed by atoms with Crippen LogP contribution in [0.25, 0.3) is 0 Å². The van der Waals surface area contributed by atoms with Crippen molar-refractivity contribution in [1.82, 2.24) is 14.5 Å². The van der Waals surface area contributed by atoms with E-state index in [0.29, 0.717) is 17.3 Å². The standard InChI is InChI=1S/C19H18F2N6O2/c1-11-24-15(8-29-11)18(28)25-14-6-13(3-2-12(14)7-20)19(9-21)10-27-5-4-23-17(27)16(22)26-19/h2-6,8H,7,9-10H2,1H3,(H2,22,26)(H,25,28). The molecule has 29 heavy (non-hydrogen) atoms. The highest BCUT2D eigenvalue weighted by atomic mass is 19.1. The first-order valence-corrected chi connectivity index (χ1v) is 8.81. The summed E-state index contributed by atoms with van der Waals surface area (Å²) in [6.45, 7) is 0.124. The lowest BCUT2D eigenvalue weighted by atomic mass is 9.89. The summed E-state index contributed by atoms with van der Waals surface area (Å²) in [5.41, 5.74) is 5.63. The monoisotopic (exact) mass is 400 g/mol. The molecule has 1 atom stereocenters. The summed E-state index contributed by atoms with van der Waals surface area (Å²) in [6, 6.07) is 4.59. The average molecular weight is 400 g/mol. The second-order valence-corrected chi connectivity index (χ2v) is 6.75. The maximum atomic E-state index is 14.3. The Kier molecular flexibility index (Phi) is 4.61. The third-order valence-electron chi connectivity index (χ3n) is 4.82. The number of rotatable bonds is 5. The maximum Gasteiger partial charge on any atom is 0.277 e. The van der Waals surface area contributed by atoms with E-state index in [-0.39, 0.29) is 29.3 Å². The van der Waals surface area contributed by atoms with Crippen LogP contribution in [0.15, 0.2) is 46.3 Å². The van der Waals surface area contributed by atoms with Gasteiger partial charge in [0.1, 0.15) is 25.2 Å². The second kappa shape index (κ2) is 7.12. The fourth-order valence-electron chi connectivity index (χ4n) is 3.33. The molecule has 0 aliphatic carbocycles. The highest BCUT2D eigenvalue weighted by Gasteiger charge is 2.38. The first-order chi connectivity index (χ1) is 14.0. The van der Waals surface area contributed by atoms with Crippen LogP contribution in [-0.2, 0) is 18.8 Å². The van der Waals surface area contributed by atoms with Crippen LogP contribution in [0.2, 0.25) is 0 Å². The van der Waals surface area contributed by atoms with E-state index in [9.17, 15) is 13.6 Å². The third kappa shape index (κ3) is 3.26. The number of carbonyl (C=O) groups is 1. The lowest BCUT2D eigenvalue weighted by Crippen LogP contribution is -2.40. The average Bonchev–Trinajstić information content (AvgIpc) is 3.36. The number of amidine groups is 1. The third-order valence-corrected chi connectivity index (χ3v) is 4.82. The number of nitrogens with one attached hydrogen (secondary N) is 1. The summed E-state index contributed by atoms with van der Waals surface area (Å²) >= 11 is 0. The van der Waals surface area contributed by atoms with Gasteiger partial charge in [0.25, 0.3) is 5.91 Å². The number of carbonyl (C=O) groups excluding carboxylic acids is 1. The van der Waals surface area contributed by atoms with E-state index in [1.165, 1.54) is 18.4 Å². The van der Waals surface area contributed by atoms with E-state index in [1.807, 2.05) is 0 Å². The smallest absolute Gasteiger partial charge is 0.277 e. The van der Waals surface area contributed by atoms with Crippen molar-refractivity contribution in [3.63, 3.8) is 0 Å². The summed E-state index contributed by atoms with van der Waals surface area (Å²) in [4.78, 5) is 24.8. The minimum atomic E-state index is -1.31. The van der Waals surface area contributed by atoms with Gasteiger partial charge in [-0.1, -0.05) is 12.1 Å². The molecule has 1 unspecified atom stereocenters. The number of halogens is 2. The molecule has 3 aromatic rings. The van der Waals surface area contributed by atoms with Crippen molar-refractivity contribution in [2.24, 2.45) is 10.7 Å². The number of anilines is 1. The van der Waals surface area contributed by atoms with Gasteiger partial charge < -0.3 is 20.0 Å². The highest BCUT2D eigenvalue weighted by Crippen LogP contribution is 2.35. The SMILES string of the molecule is Cc1nc(C(=O)Nc2cc(C3(CF)Cn4ccnc4C(N)=N3)ccc2CF)co1. The molecule has 150 valence electrons. The van der Waals surface area contributed by atoms with Crippen LogP contribution in [-0.4, -0.2) is 33.0 Å². The van der Waals surface area contributed by atoms with E-state index in [1.54, 1.807) is 30.0 Å². The van der Waals surface area contributed by atoms with E-state index in [0.717, 1.165) is 0 Å². The summed E-state index contributed by atoms with van der Waals surface area (Å²) in [5.74, 6) is 0.335. The summed E-state index contributed by atoms with van der Waals surface area (Å²) in [5, 5.41) is 2.61. The molecule has 3 N–H and O–H groups in total. The van der Waals surface area contributed by atoms with Crippen LogP contribution < -0.4 is 11.1 Å². The fourth-order valence-corrected chi connectivity index (χ4v) is 3.33. The molecule has 1 aliphatic heterocycles. The van der Waals surface area contributed by atoms with Gasteiger partial charge in [0.2, 0.25) is 0 Å². The van der Waals surface area contributed by atoms with Crippen LogP contribution >= 0.6 is 0 Å². The highest BCUT2D eigenvalue weighted by molar-refractivity contribution is 6.03. The van der Waals surface area contributed by atoms with Crippen molar-refractivity contribution in [2.75, 3.05) is 12.0 Å². The molecule has 1 amide bonds. The number of nitrogens with zero attached hydrogens (tertiary/aromatic N) is 4. The Morgan fingerprint density at radius 2 is 2.24 bits per heavy atom. The van der Waals surface area contributed by atoms with E-state index < -0.39 is 24.8 Å². The minimum absolute atomic E-state index is 0.0564. The molecule has 0 saturated carbocycles. The minimum Gasteiger partial charge on any atom is -0.448 e. The van der Waals surface area contributed by atoms with Gasteiger partial charge in [0.05, 0.1) is 6.54 Å². The van der Waals surface area contributed by atoms with Gasteiger partial charge in [0, 0.05) is 30.6 Å². The first kappa shape index (κ1) is 18.8. The molecule has 0 saturated heterocycles. The number of benzene rings is 1. The predicted octanol–water partition coefficient (Wildman–Crippen LogP) is 2.49. The number of aliphatic imine (C=N–C) groups is 1. The van der Waals surface area contributed by atoms with Crippen molar-refractivity contribution in [3.05, 3.63) is 65.4 Å². The van der Waals surface area contributed by atoms with Gasteiger partial charge in [-0.2, -0.15) is 0 Å². The van der Waals surface area contributed by atoms with Gasteiger partial charge in [-0.3, -0.25) is 4.79 Å². The molecule has 0 spiro atoms. The maximum absolute atomic E-state index is 14.3. The Morgan fingerprint density at radius 3 is 2.93 bits per heavy atom. The summed E-state index contributed by atoms with van der Waals surface area (Å²) < 4.78 is 34.5. The van der Waals surface area contributed by atoms with Gasteiger partial charge >= 0.3 is 0 Å². The number of amides is 1. The Balaban J connectivity index is 1.72. The Labute approximate surface area is 164 Å². The number of oxazole rings is 1. The zero-order chi connectivity index (χ0) is 20.6.